The number of carbonyl (C=O) groups excluding carboxylic acids is 1. The van der Waals surface area contributed by atoms with Crippen molar-refractivity contribution in [1.29, 1.82) is 0 Å². The van der Waals surface area contributed by atoms with E-state index in [1.165, 1.54) is 6.07 Å². The largest absolute Gasteiger partial charge is 0.463 e. The van der Waals surface area contributed by atoms with Gasteiger partial charge in [-0.2, -0.15) is 0 Å². The van der Waals surface area contributed by atoms with Crippen LogP contribution in [0.15, 0.2) is 23.1 Å². The maximum atomic E-state index is 13.3. The second kappa shape index (κ2) is 5.96. The summed E-state index contributed by atoms with van der Waals surface area (Å²) >= 11 is 6.53. The van der Waals surface area contributed by atoms with Gasteiger partial charge in [-0.15, -0.1) is 0 Å². The minimum absolute atomic E-state index is 0.148. The number of esters is 1. The summed E-state index contributed by atoms with van der Waals surface area (Å²) in [6.07, 6.45) is 0. The molecule has 0 saturated heterocycles. The molecule has 0 radical (unpaired) electrons. The summed E-state index contributed by atoms with van der Waals surface area (Å²) in [7, 11) is 0. The van der Waals surface area contributed by atoms with Crippen LogP contribution >= 0.6 is 23.4 Å². The minimum atomic E-state index is -1.78. The number of hydrogen-bond donors (Lipinski definition) is 1. The minimum Gasteiger partial charge on any atom is -0.463 e. The summed E-state index contributed by atoms with van der Waals surface area (Å²) in [6, 6.07) is 4.65. The van der Waals surface area contributed by atoms with Crippen LogP contribution in [0, 0.1) is 0 Å². The Hall–Kier alpha value is -0.940. The fraction of sp³-hybridized carbons (Fsp3) is 0.300. The van der Waals surface area contributed by atoms with Crippen molar-refractivity contribution >= 4 is 35.0 Å². The molecule has 16 heavy (non-hydrogen) atoms. The van der Waals surface area contributed by atoms with Gasteiger partial charge < -0.3 is 10.5 Å². The second-order valence-electron chi connectivity index (χ2n) is 2.88. The van der Waals surface area contributed by atoms with Gasteiger partial charge in [-0.05, 0) is 25.1 Å². The highest BCUT2D eigenvalue weighted by molar-refractivity contribution is 8.00. The van der Waals surface area contributed by atoms with E-state index in [-0.39, 0.29) is 6.61 Å². The lowest BCUT2D eigenvalue weighted by atomic mass is 10.3. The maximum Gasteiger partial charge on any atom is 0.351 e. The van der Waals surface area contributed by atoms with Crippen molar-refractivity contribution in [1.82, 2.24) is 0 Å². The van der Waals surface area contributed by atoms with Gasteiger partial charge in [0.2, 0.25) is 5.50 Å². The van der Waals surface area contributed by atoms with E-state index < -0.39 is 11.5 Å². The molecule has 1 atom stereocenters. The van der Waals surface area contributed by atoms with Crippen molar-refractivity contribution < 1.29 is 13.9 Å². The van der Waals surface area contributed by atoms with Crippen molar-refractivity contribution in [3.8, 4) is 0 Å². The van der Waals surface area contributed by atoms with Crippen molar-refractivity contribution in [3.63, 3.8) is 0 Å². The molecule has 1 unspecified atom stereocenters. The van der Waals surface area contributed by atoms with Gasteiger partial charge in [-0.25, -0.2) is 9.18 Å². The van der Waals surface area contributed by atoms with Gasteiger partial charge in [-0.1, -0.05) is 23.4 Å². The molecule has 0 spiro atoms. The quantitative estimate of drug-likeness (QED) is 0.516. The smallest absolute Gasteiger partial charge is 0.351 e. The number of anilines is 1. The first-order valence-electron chi connectivity index (χ1n) is 4.57. The van der Waals surface area contributed by atoms with E-state index >= 15 is 0 Å². The van der Waals surface area contributed by atoms with Gasteiger partial charge >= 0.3 is 5.97 Å². The van der Waals surface area contributed by atoms with Gasteiger partial charge in [0.05, 0.1) is 11.6 Å². The molecule has 0 aromatic heterocycles. The predicted octanol–water partition coefficient (Wildman–Crippen LogP) is 2.87. The van der Waals surface area contributed by atoms with Gasteiger partial charge in [0, 0.05) is 10.6 Å². The number of benzene rings is 1. The number of nitrogens with two attached hydrogens (primary N) is 1. The van der Waals surface area contributed by atoms with Crippen LogP contribution in [-0.4, -0.2) is 18.1 Å². The number of rotatable bonds is 4. The average Bonchev–Trinajstić information content (AvgIpc) is 2.22. The van der Waals surface area contributed by atoms with Crippen LogP contribution in [0.2, 0.25) is 5.02 Å². The molecule has 3 nitrogen and oxygen atoms in total. The zero-order chi connectivity index (χ0) is 12.1. The number of halogens is 2. The summed E-state index contributed by atoms with van der Waals surface area (Å²) in [4.78, 5) is 11.5. The summed E-state index contributed by atoms with van der Waals surface area (Å²) in [5.41, 5.74) is 4.20. The van der Waals surface area contributed by atoms with E-state index in [9.17, 15) is 9.18 Å². The SMILES string of the molecule is CCOC(=O)C(F)Sc1ccc(N)cc1Cl. The van der Waals surface area contributed by atoms with E-state index in [1.807, 2.05) is 0 Å². The monoisotopic (exact) mass is 263 g/mol. The first-order valence-corrected chi connectivity index (χ1v) is 5.82. The number of nitrogen functional groups attached to an aromatic ring is 1. The van der Waals surface area contributed by atoms with E-state index in [0.29, 0.717) is 27.4 Å². The lowest BCUT2D eigenvalue weighted by molar-refractivity contribution is -0.145. The van der Waals surface area contributed by atoms with Crippen molar-refractivity contribution in [2.75, 3.05) is 12.3 Å². The van der Waals surface area contributed by atoms with Crippen LogP contribution < -0.4 is 5.73 Å². The molecule has 0 saturated carbocycles. The molecule has 0 fully saturated rings. The molecule has 1 aromatic carbocycles. The number of alkyl halides is 1. The van der Waals surface area contributed by atoms with Crippen molar-refractivity contribution in [2.24, 2.45) is 0 Å². The summed E-state index contributed by atoms with van der Waals surface area (Å²) in [5.74, 6) is -0.902. The Morgan fingerprint density at radius 3 is 2.94 bits per heavy atom. The molecule has 0 aliphatic rings. The highest BCUT2D eigenvalue weighted by Gasteiger charge is 2.21. The molecule has 0 amide bonds. The molecule has 0 bridgehead atoms. The number of hydrogen-bond acceptors (Lipinski definition) is 4. The lowest BCUT2D eigenvalue weighted by Crippen LogP contribution is -2.15. The number of thioether (sulfide) groups is 1. The third-order valence-corrected chi connectivity index (χ3v) is 3.09. The molecule has 1 aromatic rings. The number of carbonyl (C=O) groups is 1. The van der Waals surface area contributed by atoms with Gasteiger partial charge in [-0.3, -0.25) is 0 Å². The molecular weight excluding hydrogens is 253 g/mol. The number of ether oxygens (including phenoxy) is 1. The molecule has 0 aliphatic heterocycles. The normalized spacial score (nSPS) is 12.2. The third-order valence-electron chi connectivity index (χ3n) is 1.66. The Morgan fingerprint density at radius 1 is 1.69 bits per heavy atom. The van der Waals surface area contributed by atoms with Crippen molar-refractivity contribution in [2.45, 2.75) is 17.3 Å². The zero-order valence-electron chi connectivity index (χ0n) is 8.57. The molecule has 0 aliphatic carbocycles. The van der Waals surface area contributed by atoms with Crippen LogP contribution in [0.1, 0.15) is 6.92 Å². The fourth-order valence-electron chi connectivity index (χ4n) is 0.980. The lowest BCUT2D eigenvalue weighted by Gasteiger charge is -2.08. The van der Waals surface area contributed by atoms with Crippen molar-refractivity contribution in [3.05, 3.63) is 23.2 Å². The van der Waals surface area contributed by atoms with Gasteiger partial charge in [0.25, 0.3) is 0 Å². The van der Waals surface area contributed by atoms with E-state index in [0.717, 1.165) is 0 Å². The first-order chi connectivity index (χ1) is 7.54. The summed E-state index contributed by atoms with van der Waals surface area (Å²) in [6.45, 7) is 1.76. The summed E-state index contributed by atoms with van der Waals surface area (Å²) in [5, 5.41) is 0.317. The Balaban J connectivity index is 2.69. The topological polar surface area (TPSA) is 52.3 Å². The Bertz CT molecular complexity index is 389. The van der Waals surface area contributed by atoms with Gasteiger partial charge in [0.15, 0.2) is 0 Å². The highest BCUT2D eigenvalue weighted by atomic mass is 35.5. The second-order valence-corrected chi connectivity index (χ2v) is 4.37. The van der Waals surface area contributed by atoms with Crippen LogP contribution in [-0.2, 0) is 9.53 Å². The zero-order valence-corrected chi connectivity index (χ0v) is 10.1. The Morgan fingerprint density at radius 2 is 2.38 bits per heavy atom. The van der Waals surface area contributed by atoms with Crippen LogP contribution in [0.5, 0.6) is 0 Å². The van der Waals surface area contributed by atoms with E-state index in [2.05, 4.69) is 4.74 Å². The average molecular weight is 264 g/mol. The summed E-state index contributed by atoms with van der Waals surface area (Å²) < 4.78 is 17.9. The molecule has 0 heterocycles. The Labute approximate surface area is 102 Å². The van der Waals surface area contributed by atoms with E-state index in [4.69, 9.17) is 17.3 Å². The molecule has 88 valence electrons. The Kier molecular flexibility index (Phi) is 4.89. The molecule has 1 rings (SSSR count). The maximum absolute atomic E-state index is 13.3. The van der Waals surface area contributed by atoms with Gasteiger partial charge in [0.1, 0.15) is 0 Å². The third kappa shape index (κ3) is 3.57. The van der Waals surface area contributed by atoms with Crippen LogP contribution in [0.3, 0.4) is 0 Å². The first kappa shape index (κ1) is 13.1. The molecular formula is C10H11ClFNO2S. The fourth-order valence-corrected chi connectivity index (χ4v) is 2.01. The predicted molar refractivity (Wildman–Crippen MR) is 63.3 cm³/mol. The van der Waals surface area contributed by atoms with Crippen LogP contribution in [0.4, 0.5) is 10.1 Å². The van der Waals surface area contributed by atoms with E-state index in [1.54, 1.807) is 19.1 Å². The standard InChI is InChI=1S/C10H11ClFNO2S/c1-2-15-10(14)9(12)16-8-4-3-6(13)5-7(8)11/h3-5,9H,2,13H2,1H3. The highest BCUT2D eigenvalue weighted by Crippen LogP contribution is 2.32. The molecule has 2 N–H and O–H groups in total. The molecule has 6 heteroatoms. The van der Waals surface area contributed by atoms with Crippen LogP contribution in [0.25, 0.3) is 0 Å².